The molecule has 24 heavy (non-hydrogen) atoms. The molecule has 0 radical (unpaired) electrons. The predicted octanol–water partition coefficient (Wildman–Crippen LogP) is 3.17. The number of aromatic nitrogens is 3. The average Bonchev–Trinajstić information content (AvgIpc) is 3.24. The average molecular weight is 337 g/mol. The standard InChI is InChI=1S/C18H19N5S/c1-12-5-8-24-16(12)4-7-21-18-14-10-20-11-15(14)22-17(23-18)13-3-2-6-19-9-13/h2-3,5-6,8-9,20H,4,7,10-11H2,1H3,(H,21,22,23). The molecular formula is C18H19N5S. The molecule has 0 atom stereocenters. The van der Waals surface area contributed by atoms with Crippen LogP contribution in [0.2, 0.25) is 0 Å². The van der Waals surface area contributed by atoms with Gasteiger partial charge in [0, 0.05) is 48.0 Å². The lowest BCUT2D eigenvalue weighted by Crippen LogP contribution is -2.10. The van der Waals surface area contributed by atoms with E-state index in [1.165, 1.54) is 16.0 Å². The van der Waals surface area contributed by atoms with Crippen molar-refractivity contribution < 1.29 is 0 Å². The van der Waals surface area contributed by atoms with E-state index < -0.39 is 0 Å². The summed E-state index contributed by atoms with van der Waals surface area (Å²) in [4.78, 5) is 15.1. The molecule has 0 fully saturated rings. The predicted molar refractivity (Wildman–Crippen MR) is 97.1 cm³/mol. The number of hydrogen-bond acceptors (Lipinski definition) is 6. The van der Waals surface area contributed by atoms with E-state index >= 15 is 0 Å². The molecule has 3 aromatic heterocycles. The number of hydrogen-bond donors (Lipinski definition) is 2. The summed E-state index contributed by atoms with van der Waals surface area (Å²) in [6.45, 7) is 4.66. The monoisotopic (exact) mass is 337 g/mol. The lowest BCUT2D eigenvalue weighted by atomic mass is 10.2. The fraction of sp³-hybridized carbons (Fsp3) is 0.278. The van der Waals surface area contributed by atoms with Gasteiger partial charge in [-0.3, -0.25) is 4.98 Å². The Morgan fingerprint density at radius 3 is 3.00 bits per heavy atom. The Morgan fingerprint density at radius 2 is 2.21 bits per heavy atom. The lowest BCUT2D eigenvalue weighted by molar-refractivity contribution is 0.758. The largest absolute Gasteiger partial charge is 0.369 e. The summed E-state index contributed by atoms with van der Waals surface area (Å²) in [5, 5.41) is 9.03. The van der Waals surface area contributed by atoms with Crippen molar-refractivity contribution in [2.24, 2.45) is 0 Å². The highest BCUT2D eigenvalue weighted by molar-refractivity contribution is 7.10. The number of fused-ring (bicyclic) bond motifs is 1. The van der Waals surface area contributed by atoms with Crippen molar-refractivity contribution in [2.45, 2.75) is 26.4 Å². The highest BCUT2D eigenvalue weighted by Gasteiger charge is 2.19. The molecule has 5 nitrogen and oxygen atoms in total. The molecule has 4 heterocycles. The molecule has 3 aromatic rings. The van der Waals surface area contributed by atoms with Gasteiger partial charge in [-0.1, -0.05) is 0 Å². The number of nitrogens with zero attached hydrogens (tertiary/aromatic N) is 3. The molecule has 6 heteroatoms. The van der Waals surface area contributed by atoms with Crippen molar-refractivity contribution >= 4 is 17.2 Å². The van der Waals surface area contributed by atoms with Gasteiger partial charge in [0.05, 0.1) is 5.69 Å². The smallest absolute Gasteiger partial charge is 0.163 e. The molecule has 2 N–H and O–H groups in total. The second-order valence-corrected chi connectivity index (χ2v) is 6.87. The maximum absolute atomic E-state index is 4.76. The molecule has 122 valence electrons. The maximum atomic E-state index is 4.76. The first kappa shape index (κ1) is 15.2. The fourth-order valence-corrected chi connectivity index (χ4v) is 3.80. The molecule has 0 saturated carbocycles. The van der Waals surface area contributed by atoms with Gasteiger partial charge in [-0.25, -0.2) is 9.97 Å². The van der Waals surface area contributed by atoms with E-state index in [-0.39, 0.29) is 0 Å². The molecular weight excluding hydrogens is 318 g/mol. The third kappa shape index (κ3) is 3.02. The van der Waals surface area contributed by atoms with E-state index in [0.717, 1.165) is 49.0 Å². The summed E-state index contributed by atoms with van der Waals surface area (Å²) in [6.07, 6.45) is 4.59. The van der Waals surface area contributed by atoms with Crippen LogP contribution in [0.25, 0.3) is 11.4 Å². The number of rotatable bonds is 5. The number of anilines is 1. The molecule has 0 amide bonds. The van der Waals surface area contributed by atoms with Gasteiger partial charge in [-0.05, 0) is 42.5 Å². The van der Waals surface area contributed by atoms with E-state index in [4.69, 9.17) is 9.97 Å². The molecule has 0 saturated heterocycles. The Hall–Kier alpha value is -2.31. The van der Waals surface area contributed by atoms with Crippen molar-refractivity contribution in [1.29, 1.82) is 0 Å². The SMILES string of the molecule is Cc1ccsc1CCNc1nc(-c2cccnc2)nc2c1CNC2. The first-order chi connectivity index (χ1) is 11.8. The van der Waals surface area contributed by atoms with Gasteiger partial charge >= 0.3 is 0 Å². The molecule has 0 aromatic carbocycles. The van der Waals surface area contributed by atoms with Crippen LogP contribution >= 0.6 is 11.3 Å². The number of pyridine rings is 1. The van der Waals surface area contributed by atoms with Crippen LogP contribution in [-0.2, 0) is 19.5 Å². The third-order valence-corrected chi connectivity index (χ3v) is 5.30. The summed E-state index contributed by atoms with van der Waals surface area (Å²) < 4.78 is 0. The highest BCUT2D eigenvalue weighted by atomic mass is 32.1. The van der Waals surface area contributed by atoms with E-state index in [2.05, 4.69) is 34.0 Å². The van der Waals surface area contributed by atoms with Crippen LogP contribution in [0, 0.1) is 6.92 Å². The van der Waals surface area contributed by atoms with Crippen molar-refractivity contribution in [3.8, 4) is 11.4 Å². The molecule has 0 bridgehead atoms. The van der Waals surface area contributed by atoms with Crippen LogP contribution in [0.4, 0.5) is 5.82 Å². The summed E-state index contributed by atoms with van der Waals surface area (Å²) in [6, 6.07) is 6.08. The summed E-state index contributed by atoms with van der Waals surface area (Å²) in [5.74, 6) is 1.68. The Balaban J connectivity index is 1.58. The van der Waals surface area contributed by atoms with E-state index in [0.29, 0.717) is 0 Å². The topological polar surface area (TPSA) is 62.7 Å². The van der Waals surface area contributed by atoms with Gasteiger partial charge < -0.3 is 10.6 Å². The molecule has 0 aliphatic carbocycles. The van der Waals surface area contributed by atoms with E-state index in [1.54, 1.807) is 6.20 Å². The van der Waals surface area contributed by atoms with E-state index in [9.17, 15) is 0 Å². The van der Waals surface area contributed by atoms with Gasteiger partial charge in [0.25, 0.3) is 0 Å². The first-order valence-corrected chi connectivity index (χ1v) is 8.97. The van der Waals surface area contributed by atoms with Gasteiger partial charge in [-0.15, -0.1) is 11.3 Å². The molecule has 1 aliphatic heterocycles. The highest BCUT2D eigenvalue weighted by Crippen LogP contribution is 2.25. The van der Waals surface area contributed by atoms with Crippen LogP contribution in [-0.4, -0.2) is 21.5 Å². The zero-order valence-electron chi connectivity index (χ0n) is 13.5. The second kappa shape index (κ2) is 6.67. The van der Waals surface area contributed by atoms with Gasteiger partial charge in [0.15, 0.2) is 5.82 Å². The Kier molecular flexibility index (Phi) is 4.23. The van der Waals surface area contributed by atoms with Crippen LogP contribution in [0.15, 0.2) is 36.0 Å². The van der Waals surface area contributed by atoms with E-state index in [1.807, 2.05) is 29.7 Å². The molecule has 4 rings (SSSR count). The number of nitrogens with one attached hydrogen (secondary N) is 2. The second-order valence-electron chi connectivity index (χ2n) is 5.87. The molecule has 1 aliphatic rings. The Morgan fingerprint density at radius 1 is 1.25 bits per heavy atom. The van der Waals surface area contributed by atoms with Crippen molar-refractivity contribution in [1.82, 2.24) is 20.3 Å². The molecule has 0 spiro atoms. The van der Waals surface area contributed by atoms with Crippen molar-refractivity contribution in [3.05, 3.63) is 57.7 Å². The van der Waals surface area contributed by atoms with Crippen LogP contribution in [0.1, 0.15) is 21.7 Å². The van der Waals surface area contributed by atoms with Crippen LogP contribution < -0.4 is 10.6 Å². The van der Waals surface area contributed by atoms with Gasteiger partial charge in [-0.2, -0.15) is 0 Å². The first-order valence-electron chi connectivity index (χ1n) is 8.09. The number of thiophene rings is 1. The minimum absolute atomic E-state index is 0.736. The van der Waals surface area contributed by atoms with Crippen molar-refractivity contribution in [3.63, 3.8) is 0 Å². The minimum atomic E-state index is 0.736. The van der Waals surface area contributed by atoms with Gasteiger partial charge in [0.2, 0.25) is 0 Å². The summed E-state index contributed by atoms with van der Waals surface area (Å²) in [5.41, 5.74) is 4.58. The van der Waals surface area contributed by atoms with Crippen LogP contribution in [0.3, 0.4) is 0 Å². The third-order valence-electron chi connectivity index (χ3n) is 4.22. The quantitative estimate of drug-likeness (QED) is 0.749. The Labute approximate surface area is 145 Å². The lowest BCUT2D eigenvalue weighted by Gasteiger charge is -2.11. The summed E-state index contributed by atoms with van der Waals surface area (Å²) >= 11 is 1.82. The minimum Gasteiger partial charge on any atom is -0.369 e. The number of aryl methyl sites for hydroxylation is 1. The van der Waals surface area contributed by atoms with Crippen molar-refractivity contribution in [2.75, 3.05) is 11.9 Å². The Bertz CT molecular complexity index is 844. The maximum Gasteiger partial charge on any atom is 0.163 e. The fourth-order valence-electron chi connectivity index (χ4n) is 2.89. The van der Waals surface area contributed by atoms with Crippen LogP contribution in [0.5, 0.6) is 0 Å². The normalized spacial score (nSPS) is 13.0. The summed E-state index contributed by atoms with van der Waals surface area (Å²) in [7, 11) is 0. The molecule has 0 unspecified atom stereocenters. The zero-order valence-corrected chi connectivity index (χ0v) is 14.4. The van der Waals surface area contributed by atoms with Gasteiger partial charge in [0.1, 0.15) is 5.82 Å². The zero-order chi connectivity index (χ0) is 16.4.